The summed E-state index contributed by atoms with van der Waals surface area (Å²) in [6.45, 7) is 0. The quantitative estimate of drug-likeness (QED) is 0.573. The molecule has 0 unspecified atom stereocenters. The SMILES string of the molecule is Nc1cc(Br)c(Cl)cc1Br. The number of hydrogen-bond donors (Lipinski definition) is 1. The lowest BCUT2D eigenvalue weighted by atomic mass is 10.3. The van der Waals surface area contributed by atoms with Crippen molar-refractivity contribution in [1.29, 1.82) is 0 Å². The Morgan fingerprint density at radius 2 is 1.80 bits per heavy atom. The van der Waals surface area contributed by atoms with E-state index in [9.17, 15) is 0 Å². The predicted molar refractivity (Wildman–Crippen MR) is 51.3 cm³/mol. The van der Waals surface area contributed by atoms with Crippen molar-refractivity contribution in [2.24, 2.45) is 0 Å². The van der Waals surface area contributed by atoms with Gasteiger partial charge in [0.05, 0.1) is 5.02 Å². The highest BCUT2D eigenvalue weighted by atomic mass is 79.9. The minimum atomic E-state index is 0.654. The second kappa shape index (κ2) is 3.11. The highest BCUT2D eigenvalue weighted by Crippen LogP contribution is 2.30. The van der Waals surface area contributed by atoms with Crippen LogP contribution in [0.25, 0.3) is 0 Å². The van der Waals surface area contributed by atoms with E-state index in [4.69, 9.17) is 17.3 Å². The second-order valence-electron chi connectivity index (χ2n) is 1.79. The topological polar surface area (TPSA) is 26.0 Å². The zero-order valence-corrected chi connectivity index (χ0v) is 8.79. The van der Waals surface area contributed by atoms with E-state index in [2.05, 4.69) is 31.9 Å². The molecule has 1 aromatic rings. The Bertz CT molecular complexity index is 212. The van der Waals surface area contributed by atoms with Gasteiger partial charge in [0, 0.05) is 14.6 Å². The fourth-order valence-corrected chi connectivity index (χ4v) is 1.54. The van der Waals surface area contributed by atoms with Crippen LogP contribution in [0.5, 0.6) is 0 Å². The van der Waals surface area contributed by atoms with Gasteiger partial charge in [-0.15, -0.1) is 0 Å². The van der Waals surface area contributed by atoms with Gasteiger partial charge in [-0.2, -0.15) is 0 Å². The van der Waals surface area contributed by atoms with Crippen molar-refractivity contribution in [3.05, 3.63) is 26.1 Å². The summed E-state index contributed by atoms with van der Waals surface area (Å²) in [5.74, 6) is 0. The van der Waals surface area contributed by atoms with E-state index in [1.165, 1.54) is 0 Å². The summed E-state index contributed by atoms with van der Waals surface area (Å²) >= 11 is 12.3. The molecule has 10 heavy (non-hydrogen) atoms. The number of benzene rings is 1. The van der Waals surface area contributed by atoms with Gasteiger partial charge < -0.3 is 5.73 Å². The smallest absolute Gasteiger partial charge is 0.0560 e. The third-order valence-electron chi connectivity index (χ3n) is 1.04. The molecule has 0 radical (unpaired) electrons. The van der Waals surface area contributed by atoms with Crippen molar-refractivity contribution in [3.8, 4) is 0 Å². The zero-order chi connectivity index (χ0) is 7.72. The number of nitrogens with two attached hydrogens (primary N) is 1. The molecular formula is C6H4Br2ClN. The van der Waals surface area contributed by atoms with Crippen molar-refractivity contribution in [3.63, 3.8) is 0 Å². The molecule has 0 amide bonds. The molecule has 2 N–H and O–H groups in total. The summed E-state index contributed by atoms with van der Waals surface area (Å²) < 4.78 is 1.63. The second-order valence-corrected chi connectivity index (χ2v) is 3.90. The first-order valence-corrected chi connectivity index (χ1v) is 4.47. The molecule has 1 nitrogen and oxygen atoms in total. The Hall–Kier alpha value is 0.270. The number of halogens is 3. The van der Waals surface area contributed by atoms with Crippen LogP contribution in [0.4, 0.5) is 5.69 Å². The third-order valence-corrected chi connectivity index (χ3v) is 2.92. The predicted octanol–water partition coefficient (Wildman–Crippen LogP) is 3.45. The minimum absolute atomic E-state index is 0.654. The first-order valence-electron chi connectivity index (χ1n) is 2.51. The fourth-order valence-electron chi connectivity index (χ4n) is 0.538. The van der Waals surface area contributed by atoms with Crippen LogP contribution in [0.2, 0.25) is 5.02 Å². The van der Waals surface area contributed by atoms with Crippen molar-refractivity contribution in [1.82, 2.24) is 0 Å². The summed E-state index contributed by atoms with van der Waals surface area (Å²) in [5, 5.41) is 0.654. The summed E-state index contributed by atoms with van der Waals surface area (Å²) in [6.07, 6.45) is 0. The van der Waals surface area contributed by atoms with E-state index < -0.39 is 0 Å². The van der Waals surface area contributed by atoms with Crippen molar-refractivity contribution in [2.45, 2.75) is 0 Å². The average Bonchev–Trinajstić information content (AvgIpc) is 1.84. The van der Waals surface area contributed by atoms with Crippen LogP contribution < -0.4 is 5.73 Å². The van der Waals surface area contributed by atoms with Crippen LogP contribution in [0.3, 0.4) is 0 Å². The van der Waals surface area contributed by atoms with E-state index in [0.717, 1.165) is 8.95 Å². The molecule has 54 valence electrons. The molecule has 4 heteroatoms. The lowest BCUT2D eigenvalue weighted by Crippen LogP contribution is -1.85. The van der Waals surface area contributed by atoms with Gasteiger partial charge in [0.1, 0.15) is 0 Å². The van der Waals surface area contributed by atoms with Gasteiger partial charge in [-0.3, -0.25) is 0 Å². The molecule has 0 aliphatic heterocycles. The Labute approximate surface area is 80.8 Å². The molecule has 1 aromatic carbocycles. The van der Waals surface area contributed by atoms with Crippen LogP contribution in [0.15, 0.2) is 21.1 Å². The Kier molecular flexibility index (Phi) is 2.61. The van der Waals surface area contributed by atoms with E-state index in [0.29, 0.717) is 10.7 Å². The first kappa shape index (κ1) is 8.37. The number of anilines is 1. The third kappa shape index (κ3) is 1.65. The lowest BCUT2D eigenvalue weighted by molar-refractivity contribution is 1.59. The number of hydrogen-bond acceptors (Lipinski definition) is 1. The molecule has 0 saturated carbocycles. The maximum atomic E-state index is 5.75. The molecule has 1 rings (SSSR count). The Morgan fingerprint density at radius 3 is 2.30 bits per heavy atom. The van der Waals surface area contributed by atoms with E-state index in [-0.39, 0.29) is 0 Å². The molecule has 0 aromatic heterocycles. The maximum Gasteiger partial charge on any atom is 0.0560 e. The molecular weight excluding hydrogens is 281 g/mol. The number of nitrogen functional groups attached to an aromatic ring is 1. The lowest BCUT2D eigenvalue weighted by Gasteiger charge is -1.99. The number of rotatable bonds is 0. The van der Waals surface area contributed by atoms with Gasteiger partial charge in [-0.25, -0.2) is 0 Å². The normalized spacial score (nSPS) is 9.90. The van der Waals surface area contributed by atoms with E-state index in [1.54, 1.807) is 12.1 Å². The molecule has 0 saturated heterocycles. The van der Waals surface area contributed by atoms with Crippen molar-refractivity contribution < 1.29 is 0 Å². The van der Waals surface area contributed by atoms with Gasteiger partial charge in [-0.05, 0) is 44.0 Å². The van der Waals surface area contributed by atoms with Crippen molar-refractivity contribution >= 4 is 49.1 Å². The van der Waals surface area contributed by atoms with Gasteiger partial charge in [0.25, 0.3) is 0 Å². The highest BCUT2D eigenvalue weighted by Gasteiger charge is 2.00. The first-order chi connectivity index (χ1) is 4.61. The highest BCUT2D eigenvalue weighted by molar-refractivity contribution is 9.11. The molecule has 0 aliphatic carbocycles. The Morgan fingerprint density at radius 1 is 1.20 bits per heavy atom. The summed E-state index contributed by atoms with van der Waals surface area (Å²) in [6, 6.07) is 3.51. The van der Waals surface area contributed by atoms with Crippen LogP contribution in [-0.4, -0.2) is 0 Å². The Balaban J connectivity index is 3.28. The molecule has 0 bridgehead atoms. The van der Waals surface area contributed by atoms with Crippen LogP contribution >= 0.6 is 43.5 Å². The molecule has 0 fully saturated rings. The summed E-state index contributed by atoms with van der Waals surface area (Å²) in [4.78, 5) is 0. The fraction of sp³-hybridized carbons (Fsp3) is 0. The van der Waals surface area contributed by atoms with Gasteiger partial charge in [0.15, 0.2) is 0 Å². The maximum absolute atomic E-state index is 5.75. The van der Waals surface area contributed by atoms with Crippen LogP contribution in [-0.2, 0) is 0 Å². The summed E-state index contributed by atoms with van der Waals surface area (Å²) in [5.41, 5.74) is 6.23. The average molecular weight is 285 g/mol. The van der Waals surface area contributed by atoms with Gasteiger partial charge in [0.2, 0.25) is 0 Å². The van der Waals surface area contributed by atoms with Crippen LogP contribution in [0, 0.1) is 0 Å². The minimum Gasteiger partial charge on any atom is -0.398 e. The van der Waals surface area contributed by atoms with E-state index in [1.807, 2.05) is 0 Å². The van der Waals surface area contributed by atoms with Gasteiger partial charge >= 0.3 is 0 Å². The molecule has 0 heterocycles. The summed E-state index contributed by atoms with van der Waals surface area (Å²) in [7, 11) is 0. The molecule has 0 spiro atoms. The van der Waals surface area contributed by atoms with Gasteiger partial charge in [-0.1, -0.05) is 11.6 Å². The van der Waals surface area contributed by atoms with Crippen LogP contribution in [0.1, 0.15) is 0 Å². The zero-order valence-electron chi connectivity index (χ0n) is 4.87. The standard InChI is InChI=1S/C6H4Br2ClN/c7-3-2-6(10)4(8)1-5(3)9/h1-2H,10H2. The monoisotopic (exact) mass is 283 g/mol. The molecule has 0 atom stereocenters. The molecule has 0 aliphatic rings. The largest absolute Gasteiger partial charge is 0.398 e. The van der Waals surface area contributed by atoms with Crippen molar-refractivity contribution in [2.75, 3.05) is 5.73 Å². The van der Waals surface area contributed by atoms with E-state index >= 15 is 0 Å².